The molecule has 0 amide bonds. The third-order valence-electron chi connectivity index (χ3n) is 5.18. The maximum absolute atomic E-state index is 12.2. The van der Waals surface area contributed by atoms with Crippen LogP contribution in [0, 0.1) is 11.8 Å². The fourth-order valence-electron chi connectivity index (χ4n) is 4.20. The van der Waals surface area contributed by atoms with Gasteiger partial charge >= 0.3 is 5.97 Å². The van der Waals surface area contributed by atoms with E-state index in [-0.39, 0.29) is 0 Å². The van der Waals surface area contributed by atoms with E-state index in [0.29, 0.717) is 11.8 Å². The molecule has 0 aliphatic heterocycles. The van der Waals surface area contributed by atoms with Gasteiger partial charge in [0, 0.05) is 15.4 Å². The first-order valence-corrected chi connectivity index (χ1v) is 11.6. The summed E-state index contributed by atoms with van der Waals surface area (Å²) in [6.07, 6.45) is 9.20. The van der Waals surface area contributed by atoms with Crippen molar-refractivity contribution in [2.45, 2.75) is 61.5 Å². The molecule has 1 N–H and O–H groups in total. The van der Waals surface area contributed by atoms with Gasteiger partial charge in [-0.05, 0) is 87.7 Å². The van der Waals surface area contributed by atoms with Gasteiger partial charge in [-0.25, -0.2) is 4.79 Å². The summed E-state index contributed by atoms with van der Waals surface area (Å²) < 4.78 is 6.06. The van der Waals surface area contributed by atoms with E-state index in [1.165, 1.54) is 24.8 Å². The maximum Gasteiger partial charge on any atom is 0.337 e. The van der Waals surface area contributed by atoms with Crippen molar-refractivity contribution in [3.63, 3.8) is 0 Å². The molecule has 3 unspecified atom stereocenters. The van der Waals surface area contributed by atoms with Gasteiger partial charge in [0.25, 0.3) is 0 Å². The van der Waals surface area contributed by atoms with Gasteiger partial charge in [-0.3, -0.25) is 0 Å². The smallest absolute Gasteiger partial charge is 0.337 e. The zero-order valence-corrected chi connectivity index (χ0v) is 17.8. The number of aliphatic carboxylic acids is 1. The molecule has 1 aromatic rings. The van der Waals surface area contributed by atoms with Gasteiger partial charge < -0.3 is 9.84 Å². The summed E-state index contributed by atoms with van der Waals surface area (Å²) in [5.41, 5.74) is 2.77. The largest absolute Gasteiger partial charge is 0.479 e. The quantitative estimate of drug-likeness (QED) is 0.612. The highest BCUT2D eigenvalue weighted by atomic mass is 32.2. The number of carboxylic acids is 1. The fraction of sp³-hybridized carbons (Fsp3) is 0.571. The van der Waals surface area contributed by atoms with Crippen molar-refractivity contribution in [2.75, 3.05) is 12.5 Å². The molecule has 0 radical (unpaired) electrons. The second-order valence-electron chi connectivity index (χ2n) is 8.10. The molecule has 1 aromatic carbocycles. The number of rotatable bonds is 6. The van der Waals surface area contributed by atoms with Crippen LogP contribution in [0.3, 0.4) is 0 Å². The summed E-state index contributed by atoms with van der Waals surface area (Å²) in [6.45, 7) is 5.74. The van der Waals surface area contributed by atoms with Gasteiger partial charge in [0.2, 0.25) is 0 Å². The molecule has 1 saturated carbocycles. The Kier molecular flexibility index (Phi) is 5.80. The van der Waals surface area contributed by atoms with Gasteiger partial charge in [0.1, 0.15) is 0 Å². The van der Waals surface area contributed by atoms with Gasteiger partial charge in [0.05, 0.1) is 5.60 Å². The van der Waals surface area contributed by atoms with Gasteiger partial charge in [-0.1, -0.05) is 6.08 Å². The van der Waals surface area contributed by atoms with E-state index in [1.54, 1.807) is 23.5 Å². The molecule has 142 valence electrons. The number of hydrogen-bond donors (Lipinski definition) is 1. The highest BCUT2D eigenvalue weighted by Crippen LogP contribution is 2.52. The Labute approximate surface area is 165 Å². The second kappa shape index (κ2) is 7.61. The minimum absolute atomic E-state index is 0.533. The van der Waals surface area contributed by atoms with E-state index in [0.717, 1.165) is 20.9 Å². The first-order chi connectivity index (χ1) is 12.2. The number of carboxylic acid groups (broad SMARTS) is 1. The van der Waals surface area contributed by atoms with Crippen LogP contribution in [0.15, 0.2) is 28.0 Å². The molecular formula is C21H28O3S2. The topological polar surface area (TPSA) is 46.5 Å². The summed E-state index contributed by atoms with van der Waals surface area (Å²) in [5, 5.41) is 10.0. The molecule has 0 spiro atoms. The molecule has 2 aliphatic rings. The molecule has 3 rings (SSSR count). The molecule has 5 heteroatoms. The molecule has 2 bridgehead atoms. The second-order valence-corrected chi connectivity index (χ2v) is 9.80. The lowest BCUT2D eigenvalue weighted by atomic mass is 9.87. The zero-order chi connectivity index (χ0) is 19.1. The summed E-state index contributed by atoms with van der Waals surface area (Å²) >= 11 is 3.29. The predicted molar refractivity (Wildman–Crippen MR) is 110 cm³/mol. The molecule has 3 nitrogen and oxygen atoms in total. The first-order valence-electron chi connectivity index (χ1n) is 9.12. The summed E-state index contributed by atoms with van der Waals surface area (Å²) in [4.78, 5) is 14.4. The lowest BCUT2D eigenvalue weighted by Crippen LogP contribution is -2.28. The average Bonchev–Trinajstić information content (AvgIpc) is 3.20. The van der Waals surface area contributed by atoms with Crippen LogP contribution in [-0.2, 0) is 9.53 Å². The van der Waals surface area contributed by atoms with Crippen LogP contribution < -0.4 is 0 Å². The zero-order valence-electron chi connectivity index (χ0n) is 16.2. The van der Waals surface area contributed by atoms with Crippen molar-refractivity contribution < 1.29 is 14.6 Å². The highest BCUT2D eigenvalue weighted by molar-refractivity contribution is 7.99. The number of benzene rings is 1. The number of hydrogen-bond acceptors (Lipinski definition) is 4. The Morgan fingerprint density at radius 1 is 1.19 bits per heavy atom. The summed E-state index contributed by atoms with van der Waals surface area (Å²) in [5.74, 6) is 0.298. The predicted octanol–water partition coefficient (Wildman–Crippen LogP) is 5.88. The van der Waals surface area contributed by atoms with E-state index >= 15 is 0 Å². The third-order valence-corrected chi connectivity index (χ3v) is 6.76. The number of carbonyl (C=O) groups is 1. The van der Waals surface area contributed by atoms with E-state index in [9.17, 15) is 9.90 Å². The average molecular weight is 393 g/mol. The monoisotopic (exact) mass is 392 g/mol. The van der Waals surface area contributed by atoms with Crippen LogP contribution >= 0.6 is 23.5 Å². The van der Waals surface area contributed by atoms with Crippen molar-refractivity contribution in [1.29, 1.82) is 0 Å². The SMILES string of the molecule is CSc1ccc(SC)c(C(OC(C)(C)C)C(=O)O)c1C1=CC2CCC1C2. The van der Waals surface area contributed by atoms with Gasteiger partial charge in [-0.2, -0.15) is 0 Å². The maximum atomic E-state index is 12.2. The Morgan fingerprint density at radius 3 is 2.31 bits per heavy atom. The molecular weight excluding hydrogens is 364 g/mol. The van der Waals surface area contributed by atoms with E-state index in [1.807, 2.05) is 33.1 Å². The van der Waals surface area contributed by atoms with Crippen LogP contribution in [0.1, 0.15) is 57.3 Å². The number of allylic oxidation sites excluding steroid dienone is 2. The highest BCUT2D eigenvalue weighted by Gasteiger charge is 2.38. The van der Waals surface area contributed by atoms with Crippen molar-refractivity contribution in [1.82, 2.24) is 0 Å². The van der Waals surface area contributed by atoms with Crippen LogP contribution in [0.2, 0.25) is 0 Å². The standard InChI is InChI=1S/C21H28O3S2/c1-21(2,3)24-19(20(22)23)18-16(26-5)9-8-15(25-4)17(18)14-11-12-6-7-13(14)10-12/h8-9,11-13,19H,6-7,10H2,1-5H3,(H,22,23). The van der Waals surface area contributed by atoms with Crippen molar-refractivity contribution in [3.05, 3.63) is 29.3 Å². The molecule has 2 aliphatic carbocycles. The molecule has 26 heavy (non-hydrogen) atoms. The lowest BCUT2D eigenvalue weighted by molar-refractivity contribution is -0.161. The van der Waals surface area contributed by atoms with Crippen molar-refractivity contribution >= 4 is 35.1 Å². The lowest BCUT2D eigenvalue weighted by Gasteiger charge is -2.30. The van der Waals surface area contributed by atoms with Crippen LogP contribution in [0.5, 0.6) is 0 Å². The molecule has 0 heterocycles. The number of ether oxygens (including phenoxy) is 1. The van der Waals surface area contributed by atoms with Crippen molar-refractivity contribution in [2.24, 2.45) is 11.8 Å². The van der Waals surface area contributed by atoms with E-state index in [2.05, 4.69) is 18.4 Å². The van der Waals surface area contributed by atoms with Crippen LogP contribution in [0.4, 0.5) is 0 Å². The molecule has 3 atom stereocenters. The minimum Gasteiger partial charge on any atom is -0.479 e. The van der Waals surface area contributed by atoms with Crippen LogP contribution in [0.25, 0.3) is 5.57 Å². The van der Waals surface area contributed by atoms with Gasteiger partial charge in [-0.15, -0.1) is 23.5 Å². The number of fused-ring (bicyclic) bond motifs is 2. The molecule has 0 saturated heterocycles. The minimum atomic E-state index is -0.959. The Hall–Kier alpha value is -0.910. The fourth-order valence-corrected chi connectivity index (χ4v) is 5.47. The Bertz CT molecular complexity index is 734. The Morgan fingerprint density at radius 2 is 1.85 bits per heavy atom. The van der Waals surface area contributed by atoms with Crippen molar-refractivity contribution in [3.8, 4) is 0 Å². The number of thioether (sulfide) groups is 2. The van der Waals surface area contributed by atoms with E-state index < -0.39 is 17.7 Å². The molecule has 0 aromatic heterocycles. The van der Waals surface area contributed by atoms with Crippen LogP contribution in [-0.4, -0.2) is 29.2 Å². The Balaban J connectivity index is 2.21. The summed E-state index contributed by atoms with van der Waals surface area (Å²) in [6, 6.07) is 4.18. The van der Waals surface area contributed by atoms with E-state index in [4.69, 9.17) is 4.74 Å². The molecule has 1 fully saturated rings. The van der Waals surface area contributed by atoms with Gasteiger partial charge in [0.15, 0.2) is 6.10 Å². The third kappa shape index (κ3) is 3.85. The first kappa shape index (κ1) is 19.8. The normalized spacial score (nSPS) is 23.2. The summed E-state index contributed by atoms with van der Waals surface area (Å²) in [7, 11) is 0.